The average molecular weight is 227 g/mol. The second-order valence-corrected chi connectivity index (χ2v) is 5.02. The molecule has 90 valence electrons. The lowest BCUT2D eigenvalue weighted by Crippen LogP contribution is -2.40. The van der Waals surface area contributed by atoms with Crippen LogP contribution >= 0.6 is 0 Å². The van der Waals surface area contributed by atoms with Crippen molar-refractivity contribution in [3.8, 4) is 0 Å². The van der Waals surface area contributed by atoms with Crippen molar-refractivity contribution in [1.29, 1.82) is 0 Å². The molecule has 16 heavy (non-hydrogen) atoms. The van der Waals surface area contributed by atoms with Crippen LogP contribution < -0.4 is 5.32 Å². The first-order valence-corrected chi connectivity index (χ1v) is 5.51. The molecule has 3 heteroatoms. The van der Waals surface area contributed by atoms with Gasteiger partial charge in [-0.3, -0.25) is 0 Å². The predicted octanol–water partition coefficient (Wildman–Crippen LogP) is 3.09. The van der Waals surface area contributed by atoms with Crippen LogP contribution in [-0.2, 0) is 6.42 Å². The van der Waals surface area contributed by atoms with E-state index in [0.717, 1.165) is 0 Å². The zero-order chi connectivity index (χ0) is 12.2. The van der Waals surface area contributed by atoms with E-state index in [1.807, 2.05) is 20.8 Å². The smallest absolute Gasteiger partial charge is 0.126 e. The number of hydrogen-bond acceptors (Lipinski definition) is 1. The largest absolute Gasteiger partial charge is 0.309 e. The molecule has 0 aliphatic carbocycles. The monoisotopic (exact) mass is 227 g/mol. The van der Waals surface area contributed by atoms with Crippen LogP contribution in [-0.4, -0.2) is 18.3 Å². The zero-order valence-electron chi connectivity index (χ0n) is 10.1. The third kappa shape index (κ3) is 4.71. The Morgan fingerprint density at radius 3 is 2.44 bits per heavy atom. The quantitative estimate of drug-likeness (QED) is 0.833. The number of rotatable bonds is 4. The minimum Gasteiger partial charge on any atom is -0.309 e. The van der Waals surface area contributed by atoms with Crippen LogP contribution in [0.5, 0.6) is 0 Å². The van der Waals surface area contributed by atoms with Crippen LogP contribution in [0.25, 0.3) is 0 Å². The van der Waals surface area contributed by atoms with Gasteiger partial charge in [0.1, 0.15) is 12.0 Å². The standard InChI is InChI=1S/C13H19F2N/c1-13(2,3)16-9-11(14)8-10-6-4-5-7-12(10)15/h4-7,11,16H,8-9H2,1-3H3. The van der Waals surface area contributed by atoms with Gasteiger partial charge >= 0.3 is 0 Å². The third-order valence-corrected chi connectivity index (χ3v) is 2.25. The summed E-state index contributed by atoms with van der Waals surface area (Å²) in [5, 5.41) is 3.06. The highest BCUT2D eigenvalue weighted by atomic mass is 19.1. The first-order valence-electron chi connectivity index (χ1n) is 5.51. The number of alkyl halides is 1. The Morgan fingerprint density at radius 1 is 1.25 bits per heavy atom. The lowest BCUT2D eigenvalue weighted by molar-refractivity contribution is 0.282. The molecule has 0 aliphatic heterocycles. The number of benzene rings is 1. The fraction of sp³-hybridized carbons (Fsp3) is 0.538. The summed E-state index contributed by atoms with van der Waals surface area (Å²) in [6.07, 6.45) is -0.938. The van der Waals surface area contributed by atoms with E-state index in [4.69, 9.17) is 0 Å². The highest BCUT2D eigenvalue weighted by Crippen LogP contribution is 2.11. The van der Waals surface area contributed by atoms with Crippen LogP contribution in [0.15, 0.2) is 24.3 Å². The van der Waals surface area contributed by atoms with E-state index in [0.29, 0.717) is 5.56 Å². The Labute approximate surface area is 95.9 Å². The topological polar surface area (TPSA) is 12.0 Å². The average Bonchev–Trinajstić information content (AvgIpc) is 2.18. The second kappa shape index (κ2) is 5.39. The Balaban J connectivity index is 2.46. The molecule has 1 nitrogen and oxygen atoms in total. The Hall–Kier alpha value is -0.960. The van der Waals surface area contributed by atoms with Crippen LogP contribution in [0.1, 0.15) is 26.3 Å². The summed E-state index contributed by atoms with van der Waals surface area (Å²) in [5.74, 6) is -0.332. The van der Waals surface area contributed by atoms with E-state index in [2.05, 4.69) is 5.32 Å². The van der Waals surface area contributed by atoms with Crippen molar-refractivity contribution in [2.75, 3.05) is 6.54 Å². The van der Waals surface area contributed by atoms with Crippen LogP contribution in [0.3, 0.4) is 0 Å². The third-order valence-electron chi connectivity index (χ3n) is 2.25. The Bertz CT molecular complexity index is 331. The van der Waals surface area contributed by atoms with Crippen LogP contribution in [0, 0.1) is 5.82 Å². The van der Waals surface area contributed by atoms with Gasteiger partial charge in [0, 0.05) is 18.5 Å². The SMILES string of the molecule is CC(C)(C)NCC(F)Cc1ccccc1F. The number of halogens is 2. The van der Waals surface area contributed by atoms with Gasteiger partial charge in [-0.1, -0.05) is 18.2 Å². The van der Waals surface area contributed by atoms with Gasteiger partial charge in [-0.05, 0) is 32.4 Å². The van der Waals surface area contributed by atoms with Crippen molar-refractivity contribution in [3.05, 3.63) is 35.6 Å². The van der Waals surface area contributed by atoms with Crippen molar-refractivity contribution in [2.24, 2.45) is 0 Å². The molecule has 1 rings (SSSR count). The van der Waals surface area contributed by atoms with E-state index in [1.165, 1.54) is 6.07 Å². The lowest BCUT2D eigenvalue weighted by atomic mass is 10.1. The summed E-state index contributed by atoms with van der Waals surface area (Å²) in [5.41, 5.74) is 0.324. The fourth-order valence-electron chi connectivity index (χ4n) is 1.39. The first kappa shape index (κ1) is 13.1. The van der Waals surface area contributed by atoms with Gasteiger partial charge in [0.25, 0.3) is 0 Å². The molecular formula is C13H19F2N. The Morgan fingerprint density at radius 2 is 1.88 bits per heavy atom. The minimum atomic E-state index is -1.06. The van der Waals surface area contributed by atoms with Gasteiger partial charge < -0.3 is 5.32 Å². The molecule has 0 aliphatic rings. The van der Waals surface area contributed by atoms with Crippen molar-refractivity contribution in [1.82, 2.24) is 5.32 Å². The Kier molecular flexibility index (Phi) is 4.42. The first-order chi connectivity index (χ1) is 7.38. The summed E-state index contributed by atoms with van der Waals surface area (Å²) in [4.78, 5) is 0. The summed E-state index contributed by atoms with van der Waals surface area (Å²) >= 11 is 0. The predicted molar refractivity (Wildman–Crippen MR) is 62.8 cm³/mol. The molecule has 1 aromatic carbocycles. The maximum Gasteiger partial charge on any atom is 0.126 e. The molecule has 0 spiro atoms. The second-order valence-electron chi connectivity index (χ2n) is 5.02. The van der Waals surface area contributed by atoms with E-state index in [1.54, 1.807) is 18.2 Å². The molecule has 1 unspecified atom stereocenters. The van der Waals surface area contributed by atoms with E-state index >= 15 is 0 Å². The van der Waals surface area contributed by atoms with Gasteiger partial charge in [0.15, 0.2) is 0 Å². The fourth-order valence-corrected chi connectivity index (χ4v) is 1.39. The van der Waals surface area contributed by atoms with Gasteiger partial charge in [-0.25, -0.2) is 8.78 Å². The maximum atomic E-state index is 13.6. The molecule has 0 saturated carbocycles. The molecule has 0 amide bonds. The molecule has 0 heterocycles. The minimum absolute atomic E-state index is 0.112. The normalized spacial score (nSPS) is 13.8. The van der Waals surface area contributed by atoms with Crippen LogP contribution in [0.4, 0.5) is 8.78 Å². The summed E-state index contributed by atoms with van der Waals surface area (Å²) in [6.45, 7) is 6.17. The molecule has 1 atom stereocenters. The molecular weight excluding hydrogens is 208 g/mol. The van der Waals surface area contributed by atoms with Gasteiger partial charge in [-0.15, -0.1) is 0 Å². The lowest BCUT2D eigenvalue weighted by Gasteiger charge is -2.22. The highest BCUT2D eigenvalue weighted by molar-refractivity contribution is 5.18. The molecule has 0 saturated heterocycles. The molecule has 0 fully saturated rings. The molecule has 1 aromatic rings. The van der Waals surface area contributed by atoms with Gasteiger partial charge in [0.05, 0.1) is 0 Å². The summed E-state index contributed by atoms with van der Waals surface area (Å²) in [6, 6.07) is 6.32. The van der Waals surface area contributed by atoms with Crippen LogP contribution in [0.2, 0.25) is 0 Å². The van der Waals surface area contributed by atoms with E-state index < -0.39 is 6.17 Å². The van der Waals surface area contributed by atoms with Crippen molar-refractivity contribution in [2.45, 2.75) is 38.9 Å². The number of hydrogen-bond donors (Lipinski definition) is 1. The van der Waals surface area contributed by atoms with E-state index in [-0.39, 0.29) is 24.3 Å². The highest BCUT2D eigenvalue weighted by Gasteiger charge is 2.15. The molecule has 0 aromatic heterocycles. The summed E-state index contributed by atoms with van der Waals surface area (Å²) < 4.78 is 26.8. The van der Waals surface area contributed by atoms with Gasteiger partial charge in [0.2, 0.25) is 0 Å². The molecule has 1 N–H and O–H groups in total. The van der Waals surface area contributed by atoms with Crippen molar-refractivity contribution in [3.63, 3.8) is 0 Å². The maximum absolute atomic E-state index is 13.6. The van der Waals surface area contributed by atoms with Crippen molar-refractivity contribution < 1.29 is 8.78 Å². The molecule has 0 radical (unpaired) electrons. The van der Waals surface area contributed by atoms with E-state index in [9.17, 15) is 8.78 Å². The zero-order valence-corrected chi connectivity index (χ0v) is 10.1. The van der Waals surface area contributed by atoms with Crippen molar-refractivity contribution >= 4 is 0 Å². The summed E-state index contributed by atoms with van der Waals surface area (Å²) in [7, 11) is 0. The molecule has 0 bridgehead atoms. The van der Waals surface area contributed by atoms with Gasteiger partial charge in [-0.2, -0.15) is 0 Å². The number of nitrogens with one attached hydrogen (secondary N) is 1.